The molecular formula is C51H63F3N6O8S. The number of piperidine rings is 1. The Morgan fingerprint density at radius 3 is 2.07 bits per heavy atom. The number of anilines is 2. The molecule has 69 heavy (non-hydrogen) atoms. The standard InChI is InChI=1S/C51H63F3N6O8S/c1-38(61)58-19-7-20-60(22-21-58)48(62)15-23-65-24-25-66-26-27-67-28-29-68-30-31-69-37-40-9-5-10-41(32-40)50(64)57-46-13-12-44(59-17-3-2-4-18-59)35-45(46)47-34-42(14-16-55-47)49(63)56-36-39-8-6-11-43(33-39)51(52,53)54/h5-6,8-14,16,32-35H,2-4,7,15,17-31,36-37H2,1H3,(H,56,63)(H,57,64). The molecule has 2 aliphatic rings. The molecule has 2 aliphatic heterocycles. The van der Waals surface area contributed by atoms with Crippen LogP contribution in [0.4, 0.5) is 24.5 Å². The monoisotopic (exact) mass is 976 g/mol. The molecule has 0 unspecified atom stereocenters. The van der Waals surface area contributed by atoms with E-state index in [4.69, 9.17) is 18.9 Å². The Kier molecular flexibility index (Phi) is 21.1. The van der Waals surface area contributed by atoms with Crippen LogP contribution in [0.15, 0.2) is 85.1 Å². The van der Waals surface area contributed by atoms with E-state index in [2.05, 4.69) is 20.5 Å². The number of pyridine rings is 1. The zero-order valence-electron chi connectivity index (χ0n) is 39.2. The van der Waals surface area contributed by atoms with Gasteiger partial charge in [0.1, 0.15) is 0 Å². The molecule has 3 aromatic carbocycles. The largest absolute Gasteiger partial charge is 0.416 e. The number of ether oxygens (including phenoxy) is 4. The number of carbonyl (C=O) groups is 4. The van der Waals surface area contributed by atoms with Crippen molar-refractivity contribution in [3.05, 3.63) is 113 Å². The van der Waals surface area contributed by atoms with Gasteiger partial charge in [-0.2, -0.15) is 24.9 Å². The van der Waals surface area contributed by atoms with E-state index in [1.165, 1.54) is 18.3 Å². The molecule has 0 atom stereocenters. The third-order valence-corrected chi connectivity index (χ3v) is 12.7. The summed E-state index contributed by atoms with van der Waals surface area (Å²) in [5.74, 6) is 0.740. The van der Waals surface area contributed by atoms with Gasteiger partial charge in [0.2, 0.25) is 11.8 Å². The van der Waals surface area contributed by atoms with Crippen molar-refractivity contribution >= 4 is 46.8 Å². The number of halogens is 3. The average molecular weight is 977 g/mol. The first-order valence-electron chi connectivity index (χ1n) is 23.6. The number of carbonyl (C=O) groups excluding carboxylic acids is 4. The van der Waals surface area contributed by atoms with Gasteiger partial charge in [0.15, 0.2) is 0 Å². The molecule has 0 bridgehead atoms. The number of aromatic nitrogens is 1. The fourth-order valence-electron chi connectivity index (χ4n) is 7.93. The van der Waals surface area contributed by atoms with Crippen LogP contribution < -0.4 is 15.5 Å². The first kappa shape index (κ1) is 52.8. The molecule has 3 heterocycles. The summed E-state index contributed by atoms with van der Waals surface area (Å²) in [6, 6.07) is 21.3. The van der Waals surface area contributed by atoms with Gasteiger partial charge in [-0.3, -0.25) is 24.2 Å². The summed E-state index contributed by atoms with van der Waals surface area (Å²) in [6.07, 6.45) is 1.40. The van der Waals surface area contributed by atoms with Gasteiger partial charge in [-0.15, -0.1) is 0 Å². The highest BCUT2D eigenvalue weighted by Crippen LogP contribution is 2.34. The summed E-state index contributed by atoms with van der Waals surface area (Å²) in [5, 5.41) is 5.79. The van der Waals surface area contributed by atoms with Crippen molar-refractivity contribution < 1.29 is 51.3 Å². The van der Waals surface area contributed by atoms with Crippen LogP contribution in [0.3, 0.4) is 0 Å². The van der Waals surface area contributed by atoms with Gasteiger partial charge in [-0.25, -0.2) is 0 Å². The Bertz CT molecular complexity index is 2300. The minimum atomic E-state index is -4.49. The van der Waals surface area contributed by atoms with Gasteiger partial charge >= 0.3 is 6.18 Å². The maximum absolute atomic E-state index is 13.8. The number of hydrogen-bond donors (Lipinski definition) is 2. The maximum atomic E-state index is 13.8. The zero-order chi connectivity index (χ0) is 48.9. The Hall–Kier alpha value is -5.53. The van der Waals surface area contributed by atoms with Crippen LogP contribution in [0.25, 0.3) is 11.3 Å². The molecular weight excluding hydrogens is 914 g/mol. The Balaban J connectivity index is 0.890. The molecule has 2 saturated heterocycles. The summed E-state index contributed by atoms with van der Waals surface area (Å²) in [5.41, 5.74) is 3.85. The number of amides is 4. The van der Waals surface area contributed by atoms with Crippen LogP contribution in [-0.4, -0.2) is 136 Å². The van der Waals surface area contributed by atoms with Crippen LogP contribution in [0.1, 0.15) is 76.4 Å². The van der Waals surface area contributed by atoms with E-state index in [0.29, 0.717) is 119 Å². The minimum Gasteiger partial charge on any atom is -0.379 e. The van der Waals surface area contributed by atoms with E-state index >= 15 is 0 Å². The van der Waals surface area contributed by atoms with Gasteiger partial charge in [0, 0.05) is 92.8 Å². The lowest BCUT2D eigenvalue weighted by molar-refractivity contribution is -0.137. The summed E-state index contributed by atoms with van der Waals surface area (Å²) in [6.45, 7) is 9.13. The van der Waals surface area contributed by atoms with Crippen molar-refractivity contribution in [2.75, 3.05) is 108 Å². The van der Waals surface area contributed by atoms with Crippen LogP contribution >= 0.6 is 11.8 Å². The van der Waals surface area contributed by atoms with Crippen molar-refractivity contribution in [2.24, 2.45) is 0 Å². The number of nitrogens with one attached hydrogen (secondary N) is 2. The van der Waals surface area contributed by atoms with Crippen molar-refractivity contribution in [1.29, 1.82) is 0 Å². The van der Waals surface area contributed by atoms with E-state index in [9.17, 15) is 32.3 Å². The van der Waals surface area contributed by atoms with E-state index < -0.39 is 17.6 Å². The second kappa shape index (κ2) is 27.6. The van der Waals surface area contributed by atoms with Gasteiger partial charge in [-0.05, 0) is 91.4 Å². The summed E-state index contributed by atoms with van der Waals surface area (Å²) < 4.78 is 62.3. The lowest BCUT2D eigenvalue weighted by Crippen LogP contribution is -2.36. The molecule has 1 aromatic heterocycles. The molecule has 14 nitrogen and oxygen atoms in total. The first-order valence-corrected chi connectivity index (χ1v) is 24.7. The molecule has 4 amide bonds. The van der Waals surface area contributed by atoms with E-state index in [1.807, 2.05) is 36.4 Å². The highest BCUT2D eigenvalue weighted by atomic mass is 32.2. The second-order valence-corrected chi connectivity index (χ2v) is 17.8. The predicted octanol–water partition coefficient (Wildman–Crippen LogP) is 7.71. The Morgan fingerprint density at radius 2 is 1.33 bits per heavy atom. The van der Waals surface area contributed by atoms with Crippen molar-refractivity contribution in [3.8, 4) is 11.3 Å². The van der Waals surface area contributed by atoms with E-state index in [-0.39, 0.29) is 29.8 Å². The van der Waals surface area contributed by atoms with Gasteiger partial charge in [0.25, 0.3) is 11.8 Å². The molecule has 0 aliphatic carbocycles. The third kappa shape index (κ3) is 17.4. The van der Waals surface area contributed by atoms with Gasteiger partial charge in [0.05, 0.1) is 76.2 Å². The summed E-state index contributed by atoms with van der Waals surface area (Å²) in [4.78, 5) is 61.6. The van der Waals surface area contributed by atoms with Crippen LogP contribution in [0, 0.1) is 0 Å². The Labute approximate surface area is 406 Å². The molecule has 18 heteroatoms. The molecule has 372 valence electrons. The second-order valence-electron chi connectivity index (χ2n) is 16.7. The number of nitrogens with zero attached hydrogens (tertiary/aromatic N) is 4. The van der Waals surface area contributed by atoms with Crippen molar-refractivity contribution in [1.82, 2.24) is 20.1 Å². The predicted molar refractivity (Wildman–Crippen MR) is 260 cm³/mol. The summed E-state index contributed by atoms with van der Waals surface area (Å²) >= 11 is 1.69. The normalized spacial score (nSPS) is 14.3. The SMILES string of the molecule is CC(=O)N1CCCN(C(=O)CCOCCOCCOCCOCCSCc2cccc(C(=O)Nc3ccc(N4CCCCC4)cc3-c3cc(C(=O)NCc4cccc(C(F)(F)F)c4)ccn3)c2)CC1. The lowest BCUT2D eigenvalue weighted by atomic mass is 10.0. The van der Waals surface area contributed by atoms with Crippen molar-refractivity contribution in [3.63, 3.8) is 0 Å². The van der Waals surface area contributed by atoms with Crippen molar-refractivity contribution in [2.45, 2.75) is 57.5 Å². The number of hydrogen-bond acceptors (Lipinski definition) is 11. The first-order chi connectivity index (χ1) is 33.4. The quantitative estimate of drug-likeness (QED) is 0.0665. The summed E-state index contributed by atoms with van der Waals surface area (Å²) in [7, 11) is 0. The highest BCUT2D eigenvalue weighted by Gasteiger charge is 2.30. The zero-order valence-corrected chi connectivity index (χ0v) is 40.1. The number of rotatable bonds is 24. The minimum absolute atomic E-state index is 0.0404. The van der Waals surface area contributed by atoms with Gasteiger partial charge < -0.3 is 44.3 Å². The smallest absolute Gasteiger partial charge is 0.379 e. The van der Waals surface area contributed by atoms with E-state index in [1.54, 1.807) is 46.7 Å². The number of benzene rings is 3. The van der Waals surface area contributed by atoms with Gasteiger partial charge in [-0.1, -0.05) is 24.3 Å². The van der Waals surface area contributed by atoms with E-state index in [0.717, 1.165) is 67.9 Å². The molecule has 2 N–H and O–H groups in total. The highest BCUT2D eigenvalue weighted by molar-refractivity contribution is 7.98. The fourth-order valence-corrected chi connectivity index (χ4v) is 8.72. The molecule has 0 saturated carbocycles. The topological polar surface area (TPSA) is 152 Å². The van der Waals surface area contributed by atoms with Crippen LogP contribution in [-0.2, 0) is 47.0 Å². The molecule has 4 aromatic rings. The molecule has 2 fully saturated rings. The van der Waals surface area contributed by atoms with Crippen LogP contribution in [0.5, 0.6) is 0 Å². The Morgan fingerprint density at radius 1 is 0.667 bits per heavy atom. The third-order valence-electron chi connectivity index (χ3n) is 11.7. The van der Waals surface area contributed by atoms with Crippen LogP contribution in [0.2, 0.25) is 0 Å². The number of alkyl halides is 3. The maximum Gasteiger partial charge on any atom is 0.416 e. The molecule has 0 spiro atoms. The fraction of sp³-hybridized carbons (Fsp3) is 0.471. The molecule has 0 radical (unpaired) electrons. The molecule has 6 rings (SSSR count). The lowest BCUT2D eigenvalue weighted by Gasteiger charge is -2.29. The average Bonchev–Trinajstić information content (AvgIpc) is 3.63. The number of thioether (sulfide) groups is 1.